The van der Waals surface area contributed by atoms with E-state index in [-0.39, 0.29) is 21.4 Å². The predicted molar refractivity (Wildman–Crippen MR) is 87.2 cm³/mol. The second-order valence-corrected chi connectivity index (χ2v) is 7.89. The standard InChI is InChI=1S/C15H22ClNO4S/c1-11(2)10-21-8-4-7-17-15(18)12-5-6-13(16)14(9-12)22(3,19)20/h5-6,9,11H,4,7-8,10H2,1-3H3,(H,17,18). The highest BCUT2D eigenvalue weighted by atomic mass is 35.5. The van der Waals surface area contributed by atoms with Gasteiger partial charge in [0, 0.05) is 31.6 Å². The van der Waals surface area contributed by atoms with Crippen LogP contribution in [0.1, 0.15) is 30.6 Å². The maximum Gasteiger partial charge on any atom is 0.251 e. The summed E-state index contributed by atoms with van der Waals surface area (Å²) in [6, 6.07) is 4.21. The first-order valence-corrected chi connectivity index (χ1v) is 9.34. The normalized spacial score (nSPS) is 11.7. The first-order chi connectivity index (χ1) is 10.2. The van der Waals surface area contributed by atoms with Gasteiger partial charge in [-0.05, 0) is 30.5 Å². The van der Waals surface area contributed by atoms with Gasteiger partial charge in [0.05, 0.1) is 9.92 Å². The van der Waals surface area contributed by atoms with Crippen molar-refractivity contribution in [3.05, 3.63) is 28.8 Å². The Morgan fingerprint density at radius 2 is 2.05 bits per heavy atom. The molecule has 1 rings (SSSR count). The molecule has 22 heavy (non-hydrogen) atoms. The quantitative estimate of drug-likeness (QED) is 0.733. The molecule has 0 saturated heterocycles. The number of carbonyl (C=O) groups is 1. The van der Waals surface area contributed by atoms with Crippen LogP contribution in [0.2, 0.25) is 5.02 Å². The summed E-state index contributed by atoms with van der Waals surface area (Å²) >= 11 is 5.85. The number of rotatable bonds is 8. The summed E-state index contributed by atoms with van der Waals surface area (Å²) in [4.78, 5) is 11.9. The van der Waals surface area contributed by atoms with Crippen LogP contribution >= 0.6 is 11.6 Å². The lowest BCUT2D eigenvalue weighted by atomic mass is 10.2. The second kappa shape index (κ2) is 8.50. The lowest BCUT2D eigenvalue weighted by molar-refractivity contribution is 0.0925. The van der Waals surface area contributed by atoms with Crippen molar-refractivity contribution in [2.75, 3.05) is 26.0 Å². The van der Waals surface area contributed by atoms with Crippen molar-refractivity contribution in [2.24, 2.45) is 5.92 Å². The number of halogens is 1. The highest BCUT2D eigenvalue weighted by Gasteiger charge is 2.15. The predicted octanol–water partition coefficient (Wildman–Crippen LogP) is 2.54. The topological polar surface area (TPSA) is 72.5 Å². The zero-order valence-electron chi connectivity index (χ0n) is 13.1. The van der Waals surface area contributed by atoms with E-state index in [1.807, 2.05) is 0 Å². The minimum absolute atomic E-state index is 0.0397. The number of carbonyl (C=O) groups excluding carboxylic acids is 1. The van der Waals surface area contributed by atoms with Gasteiger partial charge in [-0.1, -0.05) is 25.4 Å². The van der Waals surface area contributed by atoms with Crippen LogP contribution in [0.4, 0.5) is 0 Å². The van der Waals surface area contributed by atoms with E-state index < -0.39 is 9.84 Å². The number of ether oxygens (including phenoxy) is 1. The fraction of sp³-hybridized carbons (Fsp3) is 0.533. The summed E-state index contributed by atoms with van der Waals surface area (Å²) in [5, 5.41) is 2.84. The van der Waals surface area contributed by atoms with Gasteiger partial charge >= 0.3 is 0 Å². The molecule has 0 heterocycles. The maximum atomic E-state index is 12.0. The molecule has 0 radical (unpaired) electrons. The minimum atomic E-state index is -3.46. The first kappa shape index (κ1) is 18.9. The molecule has 0 saturated carbocycles. The fourth-order valence-electron chi connectivity index (χ4n) is 1.73. The molecule has 5 nitrogen and oxygen atoms in total. The van der Waals surface area contributed by atoms with Crippen molar-refractivity contribution < 1.29 is 17.9 Å². The van der Waals surface area contributed by atoms with Crippen molar-refractivity contribution in [1.82, 2.24) is 5.32 Å². The van der Waals surface area contributed by atoms with Crippen molar-refractivity contribution in [3.63, 3.8) is 0 Å². The highest BCUT2D eigenvalue weighted by molar-refractivity contribution is 7.90. The summed E-state index contributed by atoms with van der Waals surface area (Å²) < 4.78 is 28.6. The Morgan fingerprint density at radius 3 is 2.64 bits per heavy atom. The van der Waals surface area contributed by atoms with Gasteiger partial charge in [0.15, 0.2) is 9.84 Å². The van der Waals surface area contributed by atoms with Crippen LogP contribution in [-0.2, 0) is 14.6 Å². The number of nitrogens with one attached hydrogen (secondary N) is 1. The Balaban J connectivity index is 2.53. The number of amides is 1. The third kappa shape index (κ3) is 6.34. The van der Waals surface area contributed by atoms with E-state index in [4.69, 9.17) is 16.3 Å². The third-order valence-electron chi connectivity index (χ3n) is 2.80. The summed E-state index contributed by atoms with van der Waals surface area (Å²) in [6.45, 7) is 5.88. The third-order valence-corrected chi connectivity index (χ3v) is 4.37. The van der Waals surface area contributed by atoms with E-state index in [2.05, 4.69) is 19.2 Å². The molecule has 0 fully saturated rings. The molecule has 7 heteroatoms. The van der Waals surface area contributed by atoms with Crippen molar-refractivity contribution in [2.45, 2.75) is 25.2 Å². The molecular formula is C15H22ClNO4S. The number of sulfone groups is 1. The SMILES string of the molecule is CC(C)COCCCNC(=O)c1ccc(Cl)c(S(C)(=O)=O)c1. The van der Waals surface area contributed by atoms with Crippen LogP contribution in [0, 0.1) is 5.92 Å². The van der Waals surface area contributed by atoms with Crippen LogP contribution in [0.3, 0.4) is 0 Å². The molecule has 0 atom stereocenters. The molecule has 0 aliphatic rings. The van der Waals surface area contributed by atoms with Crippen LogP contribution in [-0.4, -0.2) is 40.3 Å². The summed E-state index contributed by atoms with van der Waals surface area (Å²) in [5.74, 6) is 0.156. The summed E-state index contributed by atoms with van der Waals surface area (Å²) in [5.41, 5.74) is 0.271. The molecule has 1 aromatic carbocycles. The van der Waals surface area contributed by atoms with E-state index in [9.17, 15) is 13.2 Å². The smallest absolute Gasteiger partial charge is 0.251 e. The monoisotopic (exact) mass is 347 g/mol. The van der Waals surface area contributed by atoms with Gasteiger partial charge in [0.1, 0.15) is 0 Å². The lowest BCUT2D eigenvalue weighted by Gasteiger charge is -2.09. The Hall–Kier alpha value is -1.11. The van der Waals surface area contributed by atoms with Gasteiger partial charge < -0.3 is 10.1 Å². The van der Waals surface area contributed by atoms with Gasteiger partial charge in [-0.3, -0.25) is 4.79 Å². The molecule has 1 amide bonds. The molecule has 0 aliphatic heterocycles. The van der Waals surface area contributed by atoms with E-state index in [0.29, 0.717) is 32.1 Å². The Labute approximate surface area is 136 Å². The molecular weight excluding hydrogens is 326 g/mol. The second-order valence-electron chi connectivity index (χ2n) is 5.50. The lowest BCUT2D eigenvalue weighted by Crippen LogP contribution is -2.25. The maximum absolute atomic E-state index is 12.0. The van der Waals surface area contributed by atoms with Gasteiger partial charge in [0.25, 0.3) is 5.91 Å². The highest BCUT2D eigenvalue weighted by Crippen LogP contribution is 2.22. The average molecular weight is 348 g/mol. The zero-order chi connectivity index (χ0) is 16.8. The van der Waals surface area contributed by atoms with E-state index in [1.54, 1.807) is 0 Å². The van der Waals surface area contributed by atoms with E-state index in [1.165, 1.54) is 18.2 Å². The van der Waals surface area contributed by atoms with Crippen LogP contribution in [0.15, 0.2) is 23.1 Å². The molecule has 0 spiro atoms. The molecule has 0 unspecified atom stereocenters. The van der Waals surface area contributed by atoms with E-state index in [0.717, 1.165) is 6.26 Å². The van der Waals surface area contributed by atoms with Gasteiger partial charge in [-0.15, -0.1) is 0 Å². The van der Waals surface area contributed by atoms with Crippen LogP contribution in [0.25, 0.3) is 0 Å². The zero-order valence-corrected chi connectivity index (χ0v) is 14.6. The number of hydrogen-bond donors (Lipinski definition) is 1. The van der Waals surface area contributed by atoms with Crippen LogP contribution < -0.4 is 5.32 Å². The Bertz CT molecular complexity index is 614. The molecule has 124 valence electrons. The number of benzene rings is 1. The Kier molecular flexibility index (Phi) is 7.32. The average Bonchev–Trinajstić information content (AvgIpc) is 2.41. The van der Waals surface area contributed by atoms with Crippen molar-refractivity contribution in [1.29, 1.82) is 0 Å². The number of hydrogen-bond acceptors (Lipinski definition) is 4. The molecule has 1 N–H and O–H groups in total. The molecule has 0 bridgehead atoms. The molecule has 0 aliphatic carbocycles. The van der Waals surface area contributed by atoms with E-state index >= 15 is 0 Å². The van der Waals surface area contributed by atoms with Crippen LogP contribution in [0.5, 0.6) is 0 Å². The summed E-state index contributed by atoms with van der Waals surface area (Å²) in [7, 11) is -3.46. The van der Waals surface area contributed by atoms with Gasteiger partial charge in [-0.25, -0.2) is 8.42 Å². The molecule has 0 aromatic heterocycles. The minimum Gasteiger partial charge on any atom is -0.381 e. The van der Waals surface area contributed by atoms with Gasteiger partial charge in [0.2, 0.25) is 0 Å². The molecule has 1 aromatic rings. The fourth-order valence-corrected chi connectivity index (χ4v) is 3.03. The summed E-state index contributed by atoms with van der Waals surface area (Å²) in [6.07, 6.45) is 1.76. The largest absolute Gasteiger partial charge is 0.381 e. The van der Waals surface area contributed by atoms with Gasteiger partial charge in [-0.2, -0.15) is 0 Å². The first-order valence-electron chi connectivity index (χ1n) is 7.07. The van der Waals surface area contributed by atoms with Crippen molar-refractivity contribution >= 4 is 27.3 Å². The Morgan fingerprint density at radius 1 is 1.36 bits per heavy atom. The van der Waals surface area contributed by atoms with Crippen molar-refractivity contribution in [3.8, 4) is 0 Å².